The zero-order chi connectivity index (χ0) is 25.6. The Hall–Kier alpha value is -3.53. The average Bonchev–Trinajstić information content (AvgIpc) is 3.22. The summed E-state index contributed by atoms with van der Waals surface area (Å²) < 4.78 is 81.9. The van der Waals surface area contributed by atoms with Crippen molar-refractivity contribution in [1.29, 1.82) is 0 Å². The van der Waals surface area contributed by atoms with Gasteiger partial charge in [0, 0.05) is 17.0 Å². The molecular weight excluding hydrogens is 500 g/mol. The number of hydrogen-bond acceptors (Lipinski definition) is 3. The third-order valence-corrected chi connectivity index (χ3v) is 5.76. The van der Waals surface area contributed by atoms with Gasteiger partial charge in [0.05, 0.1) is 16.8 Å². The minimum absolute atomic E-state index is 0.0526. The predicted octanol–water partition coefficient (Wildman–Crippen LogP) is 7.46. The Labute approximate surface area is 199 Å². The van der Waals surface area contributed by atoms with Gasteiger partial charge in [-0.15, -0.1) is 0 Å². The summed E-state index contributed by atoms with van der Waals surface area (Å²) in [4.78, 5) is 16.2. The highest BCUT2D eigenvalue weighted by atomic mass is 35.5. The van der Waals surface area contributed by atoms with Crippen molar-refractivity contribution in [3.8, 4) is 0 Å². The second-order valence-electron chi connectivity index (χ2n) is 7.79. The van der Waals surface area contributed by atoms with Gasteiger partial charge in [0.15, 0.2) is 0 Å². The van der Waals surface area contributed by atoms with E-state index >= 15 is 0 Å². The summed E-state index contributed by atoms with van der Waals surface area (Å²) in [6.45, 7) is 0. The highest BCUT2D eigenvalue weighted by molar-refractivity contribution is 6.30. The molecule has 0 aromatic heterocycles. The maximum Gasteiger partial charge on any atom is 0.435 e. The normalized spacial score (nSPS) is 18.7. The molecule has 1 aliphatic rings. The fraction of sp³-hybridized carbons (Fsp3) is 0.167. The molecular formula is C24H14ClF6NO3. The lowest BCUT2D eigenvalue weighted by atomic mass is 9.87. The minimum atomic E-state index is -5.12. The molecule has 1 atom stereocenters. The number of carboxylic acids is 1. The monoisotopic (exact) mass is 513 g/mol. The Balaban J connectivity index is 1.71. The van der Waals surface area contributed by atoms with Crippen molar-refractivity contribution in [3.05, 3.63) is 87.9 Å². The Morgan fingerprint density at radius 3 is 2.31 bits per heavy atom. The zero-order valence-electron chi connectivity index (χ0n) is 17.4. The molecule has 182 valence electrons. The van der Waals surface area contributed by atoms with Crippen LogP contribution in [0, 0.1) is 0 Å². The standard InChI is InChI=1S/C24H14ClF6NO3/c25-16-10-14(9-15(11-16)23(26,27)28)22(24(29,30)31)12-17(32-35-22)7-5-13-6-8-20(21(33)34)19-4-2-1-3-18(13)19/h1-11H,12H2,(H,33,34)/b7-5+. The Bertz CT molecular complexity index is 1380. The molecule has 0 bridgehead atoms. The number of carbonyl (C=O) groups is 1. The van der Waals surface area contributed by atoms with E-state index in [1.807, 2.05) is 0 Å². The number of benzene rings is 3. The van der Waals surface area contributed by atoms with E-state index in [2.05, 4.69) is 5.16 Å². The smallest absolute Gasteiger partial charge is 0.435 e. The highest BCUT2D eigenvalue weighted by Gasteiger charge is 2.62. The molecule has 0 radical (unpaired) electrons. The van der Waals surface area contributed by atoms with Crippen LogP contribution in [0.1, 0.15) is 33.5 Å². The van der Waals surface area contributed by atoms with Crippen LogP contribution in [0.15, 0.2) is 65.8 Å². The molecule has 3 aromatic rings. The van der Waals surface area contributed by atoms with Gasteiger partial charge in [-0.1, -0.05) is 53.2 Å². The molecule has 0 saturated carbocycles. The summed E-state index contributed by atoms with van der Waals surface area (Å²) in [5, 5.41) is 13.3. The number of rotatable bonds is 4. The number of halogens is 7. The van der Waals surface area contributed by atoms with E-state index in [9.17, 15) is 36.2 Å². The molecule has 0 saturated heterocycles. The quantitative estimate of drug-likeness (QED) is 0.368. The maximum absolute atomic E-state index is 14.1. The number of alkyl halides is 6. The highest BCUT2D eigenvalue weighted by Crippen LogP contribution is 2.49. The number of aromatic carboxylic acids is 1. The van der Waals surface area contributed by atoms with Gasteiger partial charge in [0.2, 0.25) is 0 Å². The first kappa shape index (κ1) is 24.6. The van der Waals surface area contributed by atoms with Crippen LogP contribution in [0.3, 0.4) is 0 Å². The van der Waals surface area contributed by atoms with Gasteiger partial charge in [-0.2, -0.15) is 26.3 Å². The first-order valence-electron chi connectivity index (χ1n) is 9.95. The van der Waals surface area contributed by atoms with Crippen LogP contribution in [0.5, 0.6) is 0 Å². The lowest BCUT2D eigenvalue weighted by Gasteiger charge is -2.30. The summed E-state index contributed by atoms with van der Waals surface area (Å²) >= 11 is 5.70. The molecule has 1 heterocycles. The van der Waals surface area contributed by atoms with E-state index < -0.39 is 46.5 Å². The van der Waals surface area contributed by atoms with Gasteiger partial charge in [0.25, 0.3) is 5.60 Å². The average molecular weight is 514 g/mol. The van der Waals surface area contributed by atoms with Crippen molar-refractivity contribution >= 4 is 40.1 Å². The first-order valence-corrected chi connectivity index (χ1v) is 10.3. The van der Waals surface area contributed by atoms with Crippen LogP contribution in [-0.2, 0) is 16.6 Å². The largest absolute Gasteiger partial charge is 0.478 e. The predicted molar refractivity (Wildman–Crippen MR) is 117 cm³/mol. The summed E-state index contributed by atoms with van der Waals surface area (Å²) in [5.74, 6) is -1.14. The van der Waals surface area contributed by atoms with Gasteiger partial charge in [-0.3, -0.25) is 0 Å². The van der Waals surface area contributed by atoms with Gasteiger partial charge in [-0.05, 0) is 46.7 Å². The van der Waals surface area contributed by atoms with Crippen molar-refractivity contribution in [3.63, 3.8) is 0 Å². The molecule has 4 rings (SSSR count). The van der Waals surface area contributed by atoms with Crippen LogP contribution in [0.4, 0.5) is 26.3 Å². The van der Waals surface area contributed by atoms with Crippen molar-refractivity contribution < 1.29 is 41.1 Å². The van der Waals surface area contributed by atoms with E-state index in [1.54, 1.807) is 24.3 Å². The van der Waals surface area contributed by atoms with Crippen molar-refractivity contribution in [2.24, 2.45) is 5.16 Å². The Morgan fingerprint density at radius 2 is 1.69 bits per heavy atom. The van der Waals surface area contributed by atoms with Crippen LogP contribution in [-0.4, -0.2) is 23.0 Å². The van der Waals surface area contributed by atoms with Gasteiger partial charge in [0.1, 0.15) is 0 Å². The molecule has 0 amide bonds. The number of allylic oxidation sites excluding steroid dienone is 1. The fourth-order valence-corrected chi connectivity index (χ4v) is 4.08. The number of oxime groups is 1. The number of fused-ring (bicyclic) bond motifs is 1. The second kappa shape index (κ2) is 8.60. The minimum Gasteiger partial charge on any atom is -0.478 e. The number of carboxylic acid groups (broad SMARTS) is 1. The zero-order valence-corrected chi connectivity index (χ0v) is 18.2. The van der Waals surface area contributed by atoms with Crippen LogP contribution >= 0.6 is 11.6 Å². The topological polar surface area (TPSA) is 58.9 Å². The third kappa shape index (κ3) is 4.58. The van der Waals surface area contributed by atoms with Crippen LogP contribution in [0.25, 0.3) is 16.8 Å². The van der Waals surface area contributed by atoms with E-state index in [0.29, 0.717) is 28.5 Å². The third-order valence-electron chi connectivity index (χ3n) is 5.54. The van der Waals surface area contributed by atoms with E-state index in [-0.39, 0.29) is 11.3 Å². The summed E-state index contributed by atoms with van der Waals surface area (Å²) in [6.07, 6.45) is -8.25. The SMILES string of the molecule is O=C(O)c1ccc(/C=C/C2=NOC(c3cc(Cl)cc(C(F)(F)F)c3)(C(F)(F)F)C2)c2ccccc12. The molecule has 0 fully saturated rings. The molecule has 0 aliphatic carbocycles. The molecule has 1 aliphatic heterocycles. The fourth-order valence-electron chi connectivity index (χ4n) is 3.84. The summed E-state index contributed by atoms with van der Waals surface area (Å²) in [6, 6.07) is 11.1. The Morgan fingerprint density at radius 1 is 1.00 bits per heavy atom. The first-order chi connectivity index (χ1) is 16.3. The van der Waals surface area contributed by atoms with Crippen LogP contribution in [0.2, 0.25) is 5.02 Å². The number of nitrogens with zero attached hydrogens (tertiary/aromatic N) is 1. The van der Waals surface area contributed by atoms with Crippen molar-refractivity contribution in [2.45, 2.75) is 24.4 Å². The van der Waals surface area contributed by atoms with Gasteiger partial charge >= 0.3 is 18.3 Å². The second-order valence-corrected chi connectivity index (χ2v) is 8.22. The molecule has 0 spiro atoms. The lowest BCUT2D eigenvalue weighted by Crippen LogP contribution is -2.42. The Kier molecular flexibility index (Phi) is 6.04. The van der Waals surface area contributed by atoms with E-state index in [1.165, 1.54) is 24.3 Å². The lowest BCUT2D eigenvalue weighted by molar-refractivity contribution is -0.276. The van der Waals surface area contributed by atoms with Crippen molar-refractivity contribution in [1.82, 2.24) is 0 Å². The summed E-state index contributed by atoms with van der Waals surface area (Å²) in [7, 11) is 0. The van der Waals surface area contributed by atoms with Crippen molar-refractivity contribution in [2.75, 3.05) is 0 Å². The van der Waals surface area contributed by atoms with E-state index in [0.717, 1.165) is 6.07 Å². The molecule has 1 unspecified atom stereocenters. The van der Waals surface area contributed by atoms with Gasteiger partial charge in [-0.25, -0.2) is 4.79 Å². The molecule has 3 aromatic carbocycles. The summed E-state index contributed by atoms with van der Waals surface area (Å²) in [5.41, 5.74) is -4.96. The number of hydrogen-bond donors (Lipinski definition) is 1. The molecule has 4 nitrogen and oxygen atoms in total. The maximum atomic E-state index is 14.1. The van der Waals surface area contributed by atoms with Gasteiger partial charge < -0.3 is 9.94 Å². The molecule has 1 N–H and O–H groups in total. The van der Waals surface area contributed by atoms with Crippen LogP contribution < -0.4 is 0 Å². The molecule has 11 heteroatoms. The molecule has 35 heavy (non-hydrogen) atoms. The van der Waals surface area contributed by atoms with E-state index in [4.69, 9.17) is 16.4 Å².